The number of phenolic OH excluding ortho intramolecular Hbond substituents is 1. The highest BCUT2D eigenvalue weighted by atomic mass is 79.9. The molecule has 0 aliphatic carbocycles. The van der Waals surface area contributed by atoms with Gasteiger partial charge in [0.15, 0.2) is 5.75 Å². The maximum absolute atomic E-state index is 12.1. The van der Waals surface area contributed by atoms with Gasteiger partial charge in [0.05, 0.1) is 15.5 Å². The number of carbonyl (C=O) groups is 2. The van der Waals surface area contributed by atoms with Gasteiger partial charge >= 0.3 is 0 Å². The zero-order valence-corrected chi connectivity index (χ0v) is 17.8. The van der Waals surface area contributed by atoms with E-state index in [1.807, 2.05) is 13.8 Å². The van der Waals surface area contributed by atoms with Crippen LogP contribution in [0.3, 0.4) is 0 Å². The molecule has 138 valence electrons. The van der Waals surface area contributed by atoms with E-state index >= 15 is 0 Å². The predicted molar refractivity (Wildman–Crippen MR) is 107 cm³/mol. The molecule has 0 aliphatic heterocycles. The first-order valence-electron chi connectivity index (χ1n) is 7.96. The van der Waals surface area contributed by atoms with Crippen molar-refractivity contribution in [1.29, 1.82) is 0 Å². The van der Waals surface area contributed by atoms with E-state index in [2.05, 4.69) is 37.2 Å². The first-order chi connectivity index (χ1) is 12.2. The molecule has 0 saturated heterocycles. The van der Waals surface area contributed by atoms with Gasteiger partial charge in [0.2, 0.25) is 0 Å². The van der Waals surface area contributed by atoms with Crippen LogP contribution in [0.15, 0.2) is 39.3 Å². The zero-order valence-electron chi connectivity index (χ0n) is 14.6. The average Bonchev–Trinajstić information content (AvgIpc) is 2.56. The monoisotopic (exact) mass is 483 g/mol. The molecule has 2 rings (SSSR count). The molecule has 0 fully saturated rings. The molecule has 0 saturated carbocycles. The Morgan fingerprint density at radius 1 is 1.15 bits per heavy atom. The van der Waals surface area contributed by atoms with Gasteiger partial charge in [0.25, 0.3) is 5.91 Å². The molecular formula is C19H19Br2NO4. The third kappa shape index (κ3) is 5.08. The Hall–Kier alpha value is -1.86. The van der Waals surface area contributed by atoms with Gasteiger partial charge in [-0.15, -0.1) is 0 Å². The summed E-state index contributed by atoms with van der Waals surface area (Å²) >= 11 is 6.83. The fourth-order valence-corrected chi connectivity index (χ4v) is 3.62. The number of ketones is 1. The Labute approximate surface area is 169 Å². The molecule has 2 aromatic carbocycles. The normalized spacial score (nSPS) is 10.7. The van der Waals surface area contributed by atoms with Crippen LogP contribution in [-0.4, -0.2) is 23.3 Å². The molecular weight excluding hydrogens is 466 g/mol. The van der Waals surface area contributed by atoms with E-state index in [1.165, 1.54) is 6.92 Å². The molecule has 1 amide bonds. The summed E-state index contributed by atoms with van der Waals surface area (Å²) in [7, 11) is 0. The molecule has 0 heterocycles. The number of Topliss-reactive ketones (excluding diaryl/α,β-unsaturated/α-hetero) is 1. The second-order valence-corrected chi connectivity index (χ2v) is 7.84. The van der Waals surface area contributed by atoms with E-state index in [1.54, 1.807) is 30.3 Å². The van der Waals surface area contributed by atoms with Crippen LogP contribution in [0.1, 0.15) is 42.6 Å². The smallest absolute Gasteiger partial charge is 0.251 e. The Balaban J connectivity index is 2.27. The average molecular weight is 485 g/mol. The Morgan fingerprint density at radius 3 is 2.31 bits per heavy atom. The number of benzene rings is 2. The number of ether oxygens (including phenoxy) is 1. The van der Waals surface area contributed by atoms with Crippen molar-refractivity contribution in [2.75, 3.05) is 6.54 Å². The lowest BCUT2D eigenvalue weighted by molar-refractivity contribution is -0.116. The number of amides is 1. The van der Waals surface area contributed by atoms with E-state index in [0.29, 0.717) is 26.0 Å². The lowest BCUT2D eigenvalue weighted by Gasteiger charge is -2.14. The minimum absolute atomic E-state index is 0.0161. The predicted octanol–water partition coefficient (Wildman–Crippen LogP) is 5.15. The van der Waals surface area contributed by atoms with Gasteiger partial charge in [-0.25, -0.2) is 0 Å². The van der Waals surface area contributed by atoms with Gasteiger partial charge in [-0.05, 0) is 75.0 Å². The molecule has 2 aromatic rings. The van der Waals surface area contributed by atoms with Crippen LogP contribution in [0, 0.1) is 0 Å². The van der Waals surface area contributed by atoms with Gasteiger partial charge in [-0.2, -0.15) is 0 Å². The van der Waals surface area contributed by atoms with Crippen LogP contribution in [0.2, 0.25) is 0 Å². The largest absolute Gasteiger partial charge is 0.508 e. The maximum Gasteiger partial charge on any atom is 0.251 e. The molecule has 7 heteroatoms. The second-order valence-electron chi connectivity index (χ2n) is 6.13. The number of halogens is 2. The number of rotatable bonds is 6. The van der Waals surface area contributed by atoms with Crippen molar-refractivity contribution in [3.63, 3.8) is 0 Å². The lowest BCUT2D eigenvalue weighted by atomic mass is 10.0. The summed E-state index contributed by atoms with van der Waals surface area (Å²) in [4.78, 5) is 23.1. The fourth-order valence-electron chi connectivity index (χ4n) is 2.27. The van der Waals surface area contributed by atoms with E-state index in [-0.39, 0.29) is 29.9 Å². The summed E-state index contributed by atoms with van der Waals surface area (Å²) in [6, 6.07) is 8.30. The van der Waals surface area contributed by atoms with Gasteiger partial charge < -0.3 is 15.2 Å². The summed E-state index contributed by atoms with van der Waals surface area (Å²) in [5, 5.41) is 12.5. The number of carbonyl (C=O) groups excluding carboxylic acids is 2. The van der Waals surface area contributed by atoms with Crippen molar-refractivity contribution < 1.29 is 19.4 Å². The van der Waals surface area contributed by atoms with Crippen molar-refractivity contribution in [2.24, 2.45) is 0 Å². The number of phenols is 1. The summed E-state index contributed by atoms with van der Waals surface area (Å²) in [5.74, 6) is 0.987. The number of hydrogen-bond acceptors (Lipinski definition) is 4. The van der Waals surface area contributed by atoms with Gasteiger partial charge in [0.1, 0.15) is 17.3 Å². The molecule has 26 heavy (non-hydrogen) atoms. The second kappa shape index (κ2) is 8.68. The van der Waals surface area contributed by atoms with Crippen molar-refractivity contribution in [1.82, 2.24) is 5.32 Å². The Morgan fingerprint density at radius 2 is 1.77 bits per heavy atom. The zero-order chi connectivity index (χ0) is 19.4. The standard InChI is InChI=1S/C19H19Br2NO4/c1-10(2)14-8-13(4-5-17(14)24)26-18-15(20)6-12(7-16(18)21)19(25)22-9-11(3)23/h4-8,10,24H,9H2,1-3H3,(H,22,25). The summed E-state index contributed by atoms with van der Waals surface area (Å²) in [6.07, 6.45) is 0. The third-order valence-electron chi connectivity index (χ3n) is 3.60. The van der Waals surface area contributed by atoms with Crippen LogP contribution < -0.4 is 10.1 Å². The fraction of sp³-hybridized carbons (Fsp3) is 0.263. The summed E-state index contributed by atoms with van der Waals surface area (Å²) < 4.78 is 7.09. The summed E-state index contributed by atoms with van der Waals surface area (Å²) in [6.45, 7) is 5.36. The third-order valence-corrected chi connectivity index (χ3v) is 4.78. The first-order valence-corrected chi connectivity index (χ1v) is 9.55. The van der Waals surface area contributed by atoms with E-state index in [0.717, 1.165) is 5.56 Å². The van der Waals surface area contributed by atoms with Crippen molar-refractivity contribution >= 4 is 43.6 Å². The van der Waals surface area contributed by atoms with Crippen LogP contribution in [0.4, 0.5) is 0 Å². The van der Waals surface area contributed by atoms with E-state index < -0.39 is 0 Å². The van der Waals surface area contributed by atoms with Crippen LogP contribution in [0.5, 0.6) is 17.2 Å². The van der Waals surface area contributed by atoms with Crippen LogP contribution >= 0.6 is 31.9 Å². The minimum atomic E-state index is -0.347. The van der Waals surface area contributed by atoms with Gasteiger partial charge in [-0.1, -0.05) is 13.8 Å². The lowest BCUT2D eigenvalue weighted by Crippen LogP contribution is -2.28. The van der Waals surface area contributed by atoms with E-state index in [4.69, 9.17) is 4.74 Å². The highest BCUT2D eigenvalue weighted by Gasteiger charge is 2.16. The Bertz CT molecular complexity index is 826. The van der Waals surface area contributed by atoms with Crippen molar-refractivity contribution in [3.8, 4) is 17.2 Å². The number of nitrogens with one attached hydrogen (secondary N) is 1. The molecule has 0 atom stereocenters. The van der Waals surface area contributed by atoms with E-state index in [9.17, 15) is 14.7 Å². The first kappa shape index (κ1) is 20.5. The molecule has 0 aliphatic rings. The van der Waals surface area contributed by atoms with Gasteiger partial charge in [-0.3, -0.25) is 9.59 Å². The van der Waals surface area contributed by atoms with Gasteiger partial charge in [0, 0.05) is 11.1 Å². The topological polar surface area (TPSA) is 75.6 Å². The molecule has 0 aromatic heterocycles. The van der Waals surface area contributed by atoms with Crippen LogP contribution in [-0.2, 0) is 4.79 Å². The molecule has 5 nitrogen and oxygen atoms in total. The highest BCUT2D eigenvalue weighted by molar-refractivity contribution is 9.11. The highest BCUT2D eigenvalue weighted by Crippen LogP contribution is 2.39. The molecule has 2 N–H and O–H groups in total. The number of aromatic hydroxyl groups is 1. The quantitative estimate of drug-likeness (QED) is 0.594. The molecule has 0 radical (unpaired) electrons. The molecule has 0 bridgehead atoms. The molecule has 0 spiro atoms. The number of hydrogen-bond donors (Lipinski definition) is 2. The molecule has 0 unspecified atom stereocenters. The minimum Gasteiger partial charge on any atom is -0.508 e. The van der Waals surface area contributed by atoms with Crippen molar-refractivity contribution in [2.45, 2.75) is 26.7 Å². The maximum atomic E-state index is 12.1. The summed E-state index contributed by atoms with van der Waals surface area (Å²) in [5.41, 5.74) is 1.18. The SMILES string of the molecule is CC(=O)CNC(=O)c1cc(Br)c(Oc2ccc(O)c(C(C)C)c2)c(Br)c1. The Kier molecular flexibility index (Phi) is 6.83. The van der Waals surface area contributed by atoms with Crippen molar-refractivity contribution in [3.05, 3.63) is 50.4 Å². The van der Waals surface area contributed by atoms with Crippen LogP contribution in [0.25, 0.3) is 0 Å².